The molecule has 0 unspecified atom stereocenters. The summed E-state index contributed by atoms with van der Waals surface area (Å²) in [6.45, 7) is 1.60. The van der Waals surface area contributed by atoms with Gasteiger partial charge in [-0.3, -0.25) is 0 Å². The molecule has 2 aromatic carbocycles. The van der Waals surface area contributed by atoms with Crippen molar-refractivity contribution in [2.45, 2.75) is 25.8 Å². The SMILES string of the molecule is NC(=NCc1ccc2ccccc2c1)NCC1CCC1. The van der Waals surface area contributed by atoms with E-state index in [2.05, 4.69) is 52.8 Å². The van der Waals surface area contributed by atoms with Crippen LogP contribution >= 0.6 is 0 Å². The van der Waals surface area contributed by atoms with Crippen LogP contribution in [0.2, 0.25) is 0 Å². The van der Waals surface area contributed by atoms with Crippen molar-refractivity contribution in [2.24, 2.45) is 16.6 Å². The highest BCUT2D eigenvalue weighted by Crippen LogP contribution is 2.25. The van der Waals surface area contributed by atoms with Crippen molar-refractivity contribution >= 4 is 16.7 Å². The molecule has 0 bridgehead atoms. The van der Waals surface area contributed by atoms with Crippen molar-refractivity contribution in [1.82, 2.24) is 5.32 Å². The fourth-order valence-corrected chi connectivity index (χ4v) is 2.52. The third kappa shape index (κ3) is 3.10. The van der Waals surface area contributed by atoms with Crippen LogP contribution in [-0.2, 0) is 6.54 Å². The molecule has 20 heavy (non-hydrogen) atoms. The monoisotopic (exact) mass is 267 g/mol. The molecule has 0 spiro atoms. The van der Waals surface area contributed by atoms with Crippen LogP contribution in [-0.4, -0.2) is 12.5 Å². The van der Waals surface area contributed by atoms with Gasteiger partial charge in [0.1, 0.15) is 0 Å². The zero-order valence-electron chi connectivity index (χ0n) is 11.7. The van der Waals surface area contributed by atoms with Crippen molar-refractivity contribution in [3.8, 4) is 0 Å². The van der Waals surface area contributed by atoms with Crippen LogP contribution in [0.25, 0.3) is 10.8 Å². The third-order valence-electron chi connectivity index (χ3n) is 4.04. The van der Waals surface area contributed by atoms with E-state index in [0.29, 0.717) is 12.5 Å². The molecule has 2 aromatic rings. The average molecular weight is 267 g/mol. The maximum atomic E-state index is 5.90. The first kappa shape index (κ1) is 13.0. The summed E-state index contributed by atoms with van der Waals surface area (Å²) in [4.78, 5) is 4.41. The summed E-state index contributed by atoms with van der Waals surface area (Å²) in [6, 6.07) is 14.8. The lowest BCUT2D eigenvalue weighted by atomic mass is 9.85. The van der Waals surface area contributed by atoms with Crippen LogP contribution in [0.4, 0.5) is 0 Å². The Morgan fingerprint density at radius 2 is 1.95 bits per heavy atom. The summed E-state index contributed by atoms with van der Waals surface area (Å²) >= 11 is 0. The topological polar surface area (TPSA) is 50.4 Å². The molecular formula is C17H21N3. The molecule has 1 aliphatic carbocycles. The van der Waals surface area contributed by atoms with E-state index >= 15 is 0 Å². The summed E-state index contributed by atoms with van der Waals surface area (Å²) in [5.74, 6) is 1.36. The molecule has 0 aliphatic heterocycles. The smallest absolute Gasteiger partial charge is 0.188 e. The molecule has 1 aliphatic rings. The predicted molar refractivity (Wildman–Crippen MR) is 84.6 cm³/mol. The van der Waals surface area contributed by atoms with E-state index in [0.717, 1.165) is 12.5 Å². The standard InChI is InChI=1S/C17H21N3/c18-17(19-11-13-4-3-5-13)20-12-14-8-9-15-6-1-2-7-16(15)10-14/h1-2,6-10,13H,3-5,11-12H2,(H3,18,19,20). The molecular weight excluding hydrogens is 246 g/mol. The van der Waals surface area contributed by atoms with Gasteiger partial charge < -0.3 is 11.1 Å². The van der Waals surface area contributed by atoms with Gasteiger partial charge in [-0.2, -0.15) is 0 Å². The van der Waals surface area contributed by atoms with Gasteiger partial charge in [-0.15, -0.1) is 0 Å². The maximum absolute atomic E-state index is 5.90. The zero-order chi connectivity index (χ0) is 13.8. The number of benzene rings is 2. The minimum absolute atomic E-state index is 0.560. The molecule has 3 heteroatoms. The second-order valence-electron chi connectivity index (χ2n) is 5.56. The first-order chi connectivity index (χ1) is 9.81. The van der Waals surface area contributed by atoms with E-state index in [4.69, 9.17) is 5.73 Å². The van der Waals surface area contributed by atoms with Gasteiger partial charge in [0.25, 0.3) is 0 Å². The number of aliphatic imine (C=N–C) groups is 1. The molecule has 0 aromatic heterocycles. The van der Waals surface area contributed by atoms with Gasteiger partial charge in [0.05, 0.1) is 6.54 Å². The van der Waals surface area contributed by atoms with Crippen molar-refractivity contribution in [1.29, 1.82) is 0 Å². The highest BCUT2D eigenvalue weighted by atomic mass is 15.1. The third-order valence-corrected chi connectivity index (χ3v) is 4.04. The number of hydrogen-bond acceptors (Lipinski definition) is 1. The zero-order valence-corrected chi connectivity index (χ0v) is 11.7. The number of nitrogens with two attached hydrogens (primary N) is 1. The first-order valence-electron chi connectivity index (χ1n) is 7.33. The summed E-state index contributed by atoms with van der Waals surface area (Å²) < 4.78 is 0. The normalized spacial score (nSPS) is 16.1. The Hall–Kier alpha value is -2.03. The summed E-state index contributed by atoms with van der Waals surface area (Å²) in [5.41, 5.74) is 7.09. The van der Waals surface area contributed by atoms with E-state index in [1.807, 2.05) is 0 Å². The van der Waals surface area contributed by atoms with Gasteiger partial charge in [-0.1, -0.05) is 42.8 Å². The number of rotatable bonds is 4. The van der Waals surface area contributed by atoms with Crippen molar-refractivity contribution < 1.29 is 0 Å². The Bertz CT molecular complexity index is 614. The van der Waals surface area contributed by atoms with Crippen molar-refractivity contribution in [2.75, 3.05) is 6.54 Å². The fraction of sp³-hybridized carbons (Fsp3) is 0.353. The van der Waals surface area contributed by atoms with Gasteiger partial charge in [-0.05, 0) is 41.2 Å². The molecule has 0 saturated heterocycles. The first-order valence-corrected chi connectivity index (χ1v) is 7.33. The van der Waals surface area contributed by atoms with Crippen LogP contribution < -0.4 is 11.1 Å². The van der Waals surface area contributed by atoms with Crippen LogP contribution in [0.15, 0.2) is 47.5 Å². The number of guanidine groups is 1. The van der Waals surface area contributed by atoms with Crippen LogP contribution in [0.1, 0.15) is 24.8 Å². The highest BCUT2D eigenvalue weighted by molar-refractivity contribution is 5.83. The van der Waals surface area contributed by atoms with Crippen molar-refractivity contribution in [3.05, 3.63) is 48.0 Å². The number of hydrogen-bond donors (Lipinski definition) is 2. The lowest BCUT2D eigenvalue weighted by Gasteiger charge is -2.25. The molecule has 0 heterocycles. The minimum Gasteiger partial charge on any atom is -0.370 e. The molecule has 0 amide bonds. The lowest BCUT2D eigenvalue weighted by Crippen LogP contribution is -2.37. The minimum atomic E-state index is 0.560. The van der Waals surface area contributed by atoms with E-state index < -0.39 is 0 Å². The van der Waals surface area contributed by atoms with E-state index in [9.17, 15) is 0 Å². The van der Waals surface area contributed by atoms with E-state index in [1.54, 1.807) is 0 Å². The van der Waals surface area contributed by atoms with Crippen LogP contribution in [0.5, 0.6) is 0 Å². The molecule has 0 atom stereocenters. The Morgan fingerprint density at radius 3 is 2.70 bits per heavy atom. The summed E-state index contributed by atoms with van der Waals surface area (Å²) in [5, 5.41) is 5.73. The van der Waals surface area contributed by atoms with Gasteiger partial charge >= 0.3 is 0 Å². The Balaban J connectivity index is 1.60. The number of nitrogens with zero attached hydrogens (tertiary/aromatic N) is 1. The molecule has 104 valence electrons. The number of fused-ring (bicyclic) bond motifs is 1. The number of nitrogens with one attached hydrogen (secondary N) is 1. The molecule has 1 saturated carbocycles. The van der Waals surface area contributed by atoms with Gasteiger partial charge in [0.2, 0.25) is 0 Å². The fourth-order valence-electron chi connectivity index (χ4n) is 2.52. The molecule has 0 radical (unpaired) electrons. The summed E-state index contributed by atoms with van der Waals surface area (Å²) in [7, 11) is 0. The maximum Gasteiger partial charge on any atom is 0.188 e. The van der Waals surface area contributed by atoms with Crippen LogP contribution in [0.3, 0.4) is 0 Å². The lowest BCUT2D eigenvalue weighted by molar-refractivity contribution is 0.315. The quantitative estimate of drug-likeness (QED) is 0.661. The predicted octanol–water partition coefficient (Wildman–Crippen LogP) is 3.04. The Kier molecular flexibility index (Phi) is 3.86. The molecule has 1 fully saturated rings. The van der Waals surface area contributed by atoms with Gasteiger partial charge in [-0.25, -0.2) is 4.99 Å². The van der Waals surface area contributed by atoms with E-state index in [1.165, 1.54) is 35.6 Å². The highest BCUT2D eigenvalue weighted by Gasteiger charge is 2.16. The van der Waals surface area contributed by atoms with Gasteiger partial charge in [0, 0.05) is 6.54 Å². The van der Waals surface area contributed by atoms with E-state index in [-0.39, 0.29) is 0 Å². The molecule has 3 N–H and O–H groups in total. The molecule has 3 rings (SSSR count). The largest absolute Gasteiger partial charge is 0.370 e. The average Bonchev–Trinajstić information content (AvgIpc) is 2.43. The Labute approximate surface area is 119 Å². The second-order valence-corrected chi connectivity index (χ2v) is 5.56. The molecule has 3 nitrogen and oxygen atoms in total. The van der Waals surface area contributed by atoms with Crippen molar-refractivity contribution in [3.63, 3.8) is 0 Å². The van der Waals surface area contributed by atoms with Crippen LogP contribution in [0, 0.1) is 5.92 Å². The Morgan fingerprint density at radius 1 is 1.15 bits per heavy atom. The second kappa shape index (κ2) is 5.95. The van der Waals surface area contributed by atoms with Gasteiger partial charge in [0.15, 0.2) is 5.96 Å². The summed E-state index contributed by atoms with van der Waals surface area (Å²) in [6.07, 6.45) is 4.01.